The molecule has 0 amide bonds. The Morgan fingerprint density at radius 2 is 1.63 bits per heavy atom. The first-order valence-corrected chi connectivity index (χ1v) is 6.53. The maximum Gasteiger partial charge on any atom is 0.311 e. The van der Waals surface area contributed by atoms with Crippen molar-refractivity contribution in [1.29, 1.82) is 0 Å². The summed E-state index contributed by atoms with van der Waals surface area (Å²) in [7, 11) is 0. The molecule has 0 rings (SSSR count). The van der Waals surface area contributed by atoms with Crippen LogP contribution in [0.15, 0.2) is 0 Å². The van der Waals surface area contributed by atoms with Crippen molar-refractivity contribution >= 4 is 11.9 Å². The van der Waals surface area contributed by atoms with Gasteiger partial charge in [0.25, 0.3) is 0 Å². The quantitative estimate of drug-likeness (QED) is 0.269. The largest absolute Gasteiger partial charge is 0.481 e. The zero-order valence-electron chi connectivity index (χ0n) is 11.9. The Labute approximate surface area is 114 Å². The molecule has 0 radical (unpaired) electrons. The van der Waals surface area contributed by atoms with Crippen LogP contribution in [-0.2, 0) is 24.1 Å². The van der Waals surface area contributed by atoms with E-state index in [4.69, 9.17) is 19.6 Å². The molecule has 0 unspecified atom stereocenters. The first-order chi connectivity index (χ1) is 8.90. The first-order valence-electron chi connectivity index (χ1n) is 6.53. The zero-order valence-corrected chi connectivity index (χ0v) is 11.9. The second-order valence-corrected chi connectivity index (χ2v) is 4.87. The highest BCUT2D eigenvalue weighted by Crippen LogP contribution is 2.21. The van der Waals surface area contributed by atoms with E-state index in [0.29, 0.717) is 26.1 Å². The molecule has 0 fully saturated rings. The van der Waals surface area contributed by atoms with Crippen LogP contribution in [0.5, 0.6) is 0 Å². The second kappa shape index (κ2) is 9.75. The predicted molar refractivity (Wildman–Crippen MR) is 68.4 cm³/mol. The molecule has 0 aliphatic heterocycles. The van der Waals surface area contributed by atoms with Crippen molar-refractivity contribution in [2.45, 2.75) is 46.5 Å². The molecule has 0 saturated carbocycles. The van der Waals surface area contributed by atoms with E-state index in [1.54, 1.807) is 0 Å². The zero-order chi connectivity index (χ0) is 14.7. The van der Waals surface area contributed by atoms with Crippen LogP contribution in [-0.4, -0.2) is 36.9 Å². The standard InChI is InChI=1S/C13H24O6/c1-4-13(2,3)12(16)17-8-6-10-19-18-9-5-7-11(14)15/h4-10H2,1-3H3,(H,14,15). The van der Waals surface area contributed by atoms with Gasteiger partial charge >= 0.3 is 11.9 Å². The van der Waals surface area contributed by atoms with Gasteiger partial charge in [-0.1, -0.05) is 6.92 Å². The Kier molecular flexibility index (Phi) is 9.16. The SMILES string of the molecule is CCC(C)(C)C(=O)OCCCOOCCCC(=O)O. The topological polar surface area (TPSA) is 82.1 Å². The average molecular weight is 276 g/mol. The second-order valence-electron chi connectivity index (χ2n) is 4.87. The number of rotatable bonds is 11. The molecule has 0 aromatic rings. The van der Waals surface area contributed by atoms with E-state index in [2.05, 4.69) is 0 Å². The number of carboxylic acids is 1. The van der Waals surface area contributed by atoms with Crippen molar-refractivity contribution in [3.05, 3.63) is 0 Å². The van der Waals surface area contributed by atoms with Gasteiger partial charge in [0.1, 0.15) is 0 Å². The number of carbonyl (C=O) groups excluding carboxylic acids is 1. The maximum atomic E-state index is 11.6. The van der Waals surface area contributed by atoms with Crippen LogP contribution in [0.25, 0.3) is 0 Å². The number of carbonyl (C=O) groups is 2. The Morgan fingerprint density at radius 3 is 2.16 bits per heavy atom. The van der Waals surface area contributed by atoms with Gasteiger partial charge in [-0.3, -0.25) is 9.59 Å². The summed E-state index contributed by atoms with van der Waals surface area (Å²) in [6, 6.07) is 0. The molecular formula is C13H24O6. The molecule has 0 atom stereocenters. The summed E-state index contributed by atoms with van der Waals surface area (Å²) in [6.45, 7) is 6.48. The summed E-state index contributed by atoms with van der Waals surface area (Å²) in [6.07, 6.45) is 1.75. The number of carboxylic acid groups (broad SMARTS) is 1. The number of aliphatic carboxylic acids is 1. The van der Waals surface area contributed by atoms with Gasteiger partial charge in [-0.25, -0.2) is 9.78 Å². The summed E-state index contributed by atoms with van der Waals surface area (Å²) in [4.78, 5) is 31.4. The van der Waals surface area contributed by atoms with Crippen LogP contribution in [0.4, 0.5) is 0 Å². The Bertz CT molecular complexity index is 274. The van der Waals surface area contributed by atoms with Gasteiger partial charge < -0.3 is 9.84 Å². The molecular weight excluding hydrogens is 252 g/mol. The van der Waals surface area contributed by atoms with Crippen LogP contribution < -0.4 is 0 Å². The summed E-state index contributed by atoms with van der Waals surface area (Å²) in [5.74, 6) is -1.06. The monoisotopic (exact) mass is 276 g/mol. The Morgan fingerprint density at radius 1 is 1.05 bits per heavy atom. The van der Waals surface area contributed by atoms with Crippen LogP contribution in [0, 0.1) is 5.41 Å². The van der Waals surface area contributed by atoms with Gasteiger partial charge in [0.2, 0.25) is 0 Å². The molecule has 0 spiro atoms. The molecule has 0 heterocycles. The number of esters is 1. The van der Waals surface area contributed by atoms with E-state index in [0.717, 1.165) is 6.42 Å². The molecule has 112 valence electrons. The van der Waals surface area contributed by atoms with Gasteiger partial charge in [-0.15, -0.1) is 0 Å². The molecule has 0 aromatic heterocycles. The third-order valence-corrected chi connectivity index (χ3v) is 2.74. The Hall–Kier alpha value is -1.14. The van der Waals surface area contributed by atoms with Crippen molar-refractivity contribution in [3.8, 4) is 0 Å². The third-order valence-electron chi connectivity index (χ3n) is 2.74. The first kappa shape index (κ1) is 17.9. The fourth-order valence-electron chi connectivity index (χ4n) is 1.02. The molecule has 0 saturated heterocycles. The predicted octanol–water partition coefficient (Wildman–Crippen LogP) is 2.17. The van der Waals surface area contributed by atoms with Crippen molar-refractivity contribution in [2.24, 2.45) is 5.41 Å². The van der Waals surface area contributed by atoms with Crippen molar-refractivity contribution in [2.75, 3.05) is 19.8 Å². The van der Waals surface area contributed by atoms with Crippen molar-refractivity contribution in [3.63, 3.8) is 0 Å². The Balaban J connectivity index is 3.37. The van der Waals surface area contributed by atoms with Crippen LogP contribution in [0.2, 0.25) is 0 Å². The van der Waals surface area contributed by atoms with Crippen LogP contribution >= 0.6 is 0 Å². The fourth-order valence-corrected chi connectivity index (χ4v) is 1.02. The highest BCUT2D eigenvalue weighted by Gasteiger charge is 2.26. The summed E-state index contributed by atoms with van der Waals surface area (Å²) >= 11 is 0. The maximum absolute atomic E-state index is 11.6. The van der Waals surface area contributed by atoms with E-state index in [1.807, 2.05) is 20.8 Å². The molecule has 0 bridgehead atoms. The lowest BCUT2D eigenvalue weighted by Gasteiger charge is -2.20. The molecule has 0 aromatic carbocycles. The number of hydrogen-bond donors (Lipinski definition) is 1. The van der Waals surface area contributed by atoms with Crippen molar-refractivity contribution in [1.82, 2.24) is 0 Å². The van der Waals surface area contributed by atoms with E-state index in [9.17, 15) is 9.59 Å². The average Bonchev–Trinajstić information content (AvgIpc) is 2.36. The molecule has 19 heavy (non-hydrogen) atoms. The van der Waals surface area contributed by atoms with Crippen LogP contribution in [0.3, 0.4) is 0 Å². The molecule has 0 aliphatic rings. The lowest BCUT2D eigenvalue weighted by Crippen LogP contribution is -2.26. The summed E-state index contributed by atoms with van der Waals surface area (Å²) < 4.78 is 5.10. The van der Waals surface area contributed by atoms with Gasteiger partial charge in [0, 0.05) is 12.8 Å². The lowest BCUT2D eigenvalue weighted by atomic mass is 9.91. The molecule has 0 aliphatic carbocycles. The number of hydrogen-bond acceptors (Lipinski definition) is 5. The van der Waals surface area contributed by atoms with E-state index in [-0.39, 0.29) is 19.0 Å². The minimum atomic E-state index is -0.853. The molecule has 6 heteroatoms. The van der Waals surface area contributed by atoms with E-state index < -0.39 is 11.4 Å². The smallest absolute Gasteiger partial charge is 0.311 e. The van der Waals surface area contributed by atoms with Gasteiger partial charge in [0.15, 0.2) is 0 Å². The number of ether oxygens (including phenoxy) is 1. The minimum absolute atomic E-state index is 0.0626. The van der Waals surface area contributed by atoms with Gasteiger partial charge in [-0.05, 0) is 26.7 Å². The molecule has 1 N–H and O–H groups in total. The van der Waals surface area contributed by atoms with Gasteiger partial charge in [0.05, 0.1) is 25.2 Å². The lowest BCUT2D eigenvalue weighted by molar-refractivity contribution is -0.295. The highest BCUT2D eigenvalue weighted by atomic mass is 17.2. The molecule has 6 nitrogen and oxygen atoms in total. The third kappa shape index (κ3) is 9.44. The van der Waals surface area contributed by atoms with Crippen molar-refractivity contribution < 1.29 is 29.2 Å². The normalized spacial score (nSPS) is 11.3. The fraction of sp³-hybridized carbons (Fsp3) is 0.846. The highest BCUT2D eigenvalue weighted by molar-refractivity contribution is 5.75. The minimum Gasteiger partial charge on any atom is -0.481 e. The summed E-state index contributed by atoms with van der Waals surface area (Å²) in [5.41, 5.74) is -0.450. The van der Waals surface area contributed by atoms with E-state index in [1.165, 1.54) is 0 Å². The summed E-state index contributed by atoms with van der Waals surface area (Å²) in [5, 5.41) is 8.38. The van der Waals surface area contributed by atoms with E-state index >= 15 is 0 Å². The van der Waals surface area contributed by atoms with Gasteiger partial charge in [-0.2, -0.15) is 0 Å². The van der Waals surface area contributed by atoms with Crippen LogP contribution in [0.1, 0.15) is 46.5 Å².